The van der Waals surface area contributed by atoms with E-state index in [0.29, 0.717) is 13.1 Å². The van der Waals surface area contributed by atoms with Gasteiger partial charge in [-0.25, -0.2) is 0 Å². The summed E-state index contributed by atoms with van der Waals surface area (Å²) >= 11 is 0. The summed E-state index contributed by atoms with van der Waals surface area (Å²) in [6, 6.07) is -1.37. The zero-order chi connectivity index (χ0) is 13.3. The third-order valence-corrected chi connectivity index (χ3v) is 2.86. The average molecular weight is 254 g/mol. The second-order valence-electron chi connectivity index (χ2n) is 4.38. The van der Waals surface area contributed by atoms with Crippen LogP contribution >= 0.6 is 0 Å². The summed E-state index contributed by atoms with van der Waals surface area (Å²) in [6.07, 6.45) is -0.731. The van der Waals surface area contributed by atoms with Crippen LogP contribution in [0.25, 0.3) is 0 Å². The summed E-state index contributed by atoms with van der Waals surface area (Å²) in [5.74, 6) is 0. The lowest BCUT2D eigenvalue weighted by atomic mass is 10.1. The molecule has 0 fully saturated rings. The van der Waals surface area contributed by atoms with Gasteiger partial charge >= 0.3 is 6.18 Å². The van der Waals surface area contributed by atoms with Crippen molar-refractivity contribution in [3.05, 3.63) is 0 Å². The van der Waals surface area contributed by atoms with Gasteiger partial charge in [-0.1, -0.05) is 26.7 Å². The Hall–Kier alpha value is -0.290. The quantitative estimate of drug-likeness (QED) is 0.685. The predicted molar refractivity (Wildman–Crippen MR) is 64.9 cm³/mol. The maximum Gasteiger partial charge on any atom is 0.404 e. The summed E-state index contributed by atoms with van der Waals surface area (Å²) in [7, 11) is 0. The average Bonchev–Trinajstić information content (AvgIpc) is 2.25. The third-order valence-electron chi connectivity index (χ3n) is 2.86. The third kappa shape index (κ3) is 6.88. The van der Waals surface area contributed by atoms with Crippen molar-refractivity contribution in [1.82, 2.24) is 4.90 Å². The molecule has 0 aromatic heterocycles. The molecule has 0 rings (SSSR count). The number of alkyl halides is 3. The van der Waals surface area contributed by atoms with Crippen molar-refractivity contribution in [3.63, 3.8) is 0 Å². The number of nitrogens with two attached hydrogens (primary N) is 1. The summed E-state index contributed by atoms with van der Waals surface area (Å²) in [4.78, 5) is 1.56. The van der Waals surface area contributed by atoms with Crippen molar-refractivity contribution >= 4 is 0 Å². The van der Waals surface area contributed by atoms with Crippen LogP contribution in [0.2, 0.25) is 0 Å². The number of hydrogen-bond acceptors (Lipinski definition) is 2. The van der Waals surface area contributed by atoms with Crippen LogP contribution in [0.3, 0.4) is 0 Å². The maximum absolute atomic E-state index is 12.9. The largest absolute Gasteiger partial charge is 0.404 e. The van der Waals surface area contributed by atoms with Gasteiger partial charge in [0, 0.05) is 0 Å². The molecule has 0 saturated carbocycles. The normalized spacial score (nSPS) is 14.3. The van der Waals surface area contributed by atoms with Gasteiger partial charge in [-0.15, -0.1) is 0 Å². The fourth-order valence-corrected chi connectivity index (χ4v) is 1.86. The van der Waals surface area contributed by atoms with Gasteiger partial charge in [-0.05, 0) is 38.9 Å². The minimum Gasteiger partial charge on any atom is -0.330 e. The van der Waals surface area contributed by atoms with Crippen LogP contribution in [0.15, 0.2) is 0 Å². The Morgan fingerprint density at radius 2 is 1.53 bits per heavy atom. The lowest BCUT2D eigenvalue weighted by molar-refractivity contribution is -0.185. The van der Waals surface area contributed by atoms with Crippen LogP contribution in [0, 0.1) is 0 Å². The van der Waals surface area contributed by atoms with Crippen LogP contribution < -0.4 is 5.73 Å². The highest BCUT2D eigenvalue weighted by atomic mass is 19.4. The van der Waals surface area contributed by atoms with Crippen LogP contribution in [-0.2, 0) is 0 Å². The molecule has 2 N–H and O–H groups in total. The molecule has 104 valence electrons. The molecule has 2 nitrogen and oxygen atoms in total. The van der Waals surface area contributed by atoms with E-state index in [0.717, 1.165) is 25.7 Å². The second kappa shape index (κ2) is 8.75. The number of unbranched alkanes of at least 4 members (excludes halogenated alkanes) is 2. The van der Waals surface area contributed by atoms with Crippen molar-refractivity contribution in [2.45, 2.75) is 58.2 Å². The highest BCUT2D eigenvalue weighted by Crippen LogP contribution is 2.27. The summed E-state index contributed by atoms with van der Waals surface area (Å²) < 4.78 is 38.7. The molecule has 0 spiro atoms. The van der Waals surface area contributed by atoms with E-state index in [-0.39, 0.29) is 13.0 Å². The molecule has 0 radical (unpaired) electrons. The van der Waals surface area contributed by atoms with Gasteiger partial charge in [0.1, 0.15) is 6.04 Å². The molecule has 0 bridgehead atoms. The van der Waals surface area contributed by atoms with E-state index in [1.807, 2.05) is 13.8 Å². The van der Waals surface area contributed by atoms with E-state index in [1.165, 1.54) is 0 Å². The standard InChI is InChI=1S/C12H25F3N2/c1-3-5-9-17(10-6-4-2)11(7-8-16)12(13,14)15/h11H,3-10,16H2,1-2H3. The lowest BCUT2D eigenvalue weighted by Crippen LogP contribution is -2.47. The first-order chi connectivity index (χ1) is 7.97. The minimum atomic E-state index is -4.17. The SMILES string of the molecule is CCCCN(CCCC)C(CCN)C(F)(F)F. The van der Waals surface area contributed by atoms with Gasteiger partial charge in [-0.3, -0.25) is 4.90 Å². The zero-order valence-corrected chi connectivity index (χ0v) is 10.9. The molecule has 5 heteroatoms. The van der Waals surface area contributed by atoms with Gasteiger partial charge in [0.15, 0.2) is 0 Å². The Morgan fingerprint density at radius 3 is 1.82 bits per heavy atom. The molecule has 1 unspecified atom stereocenters. The molecule has 0 aromatic carbocycles. The predicted octanol–water partition coefficient (Wildman–Crippen LogP) is 3.17. The smallest absolute Gasteiger partial charge is 0.330 e. The van der Waals surface area contributed by atoms with E-state index in [9.17, 15) is 13.2 Å². The molecule has 0 aliphatic carbocycles. The van der Waals surface area contributed by atoms with E-state index in [2.05, 4.69) is 0 Å². The van der Waals surface area contributed by atoms with Gasteiger partial charge in [0.25, 0.3) is 0 Å². The molecular weight excluding hydrogens is 229 g/mol. The first-order valence-electron chi connectivity index (χ1n) is 6.48. The Labute approximate surface area is 102 Å². The molecule has 0 aliphatic rings. The summed E-state index contributed by atoms with van der Waals surface area (Å²) in [5.41, 5.74) is 5.29. The Kier molecular flexibility index (Phi) is 8.60. The molecule has 0 amide bonds. The van der Waals surface area contributed by atoms with Crippen molar-refractivity contribution in [1.29, 1.82) is 0 Å². The Balaban J connectivity index is 4.54. The zero-order valence-electron chi connectivity index (χ0n) is 10.9. The number of rotatable bonds is 9. The summed E-state index contributed by atoms with van der Waals surface area (Å²) in [6.45, 7) is 5.09. The van der Waals surface area contributed by atoms with Crippen LogP contribution in [0.1, 0.15) is 46.0 Å². The highest BCUT2D eigenvalue weighted by Gasteiger charge is 2.42. The van der Waals surface area contributed by atoms with Crippen molar-refractivity contribution in [2.75, 3.05) is 19.6 Å². The second-order valence-corrected chi connectivity index (χ2v) is 4.38. The number of halogens is 3. The lowest BCUT2D eigenvalue weighted by Gasteiger charge is -2.33. The first-order valence-corrected chi connectivity index (χ1v) is 6.48. The fraction of sp³-hybridized carbons (Fsp3) is 1.00. The van der Waals surface area contributed by atoms with E-state index < -0.39 is 12.2 Å². The van der Waals surface area contributed by atoms with Gasteiger partial charge in [-0.2, -0.15) is 13.2 Å². The fourth-order valence-electron chi connectivity index (χ4n) is 1.86. The maximum atomic E-state index is 12.9. The Morgan fingerprint density at radius 1 is 1.06 bits per heavy atom. The highest BCUT2D eigenvalue weighted by molar-refractivity contribution is 4.79. The van der Waals surface area contributed by atoms with Crippen LogP contribution in [-0.4, -0.2) is 36.8 Å². The van der Waals surface area contributed by atoms with Crippen LogP contribution in [0.5, 0.6) is 0 Å². The first kappa shape index (κ1) is 16.7. The van der Waals surface area contributed by atoms with E-state index in [1.54, 1.807) is 4.90 Å². The Bertz CT molecular complexity index is 175. The van der Waals surface area contributed by atoms with Crippen molar-refractivity contribution < 1.29 is 13.2 Å². The van der Waals surface area contributed by atoms with Crippen LogP contribution in [0.4, 0.5) is 13.2 Å². The minimum absolute atomic E-state index is 0.00305. The van der Waals surface area contributed by atoms with Gasteiger partial charge in [0.2, 0.25) is 0 Å². The van der Waals surface area contributed by atoms with Gasteiger partial charge < -0.3 is 5.73 Å². The number of hydrogen-bond donors (Lipinski definition) is 1. The molecule has 0 aromatic rings. The molecule has 17 heavy (non-hydrogen) atoms. The molecule has 0 aliphatic heterocycles. The van der Waals surface area contributed by atoms with Gasteiger partial charge in [0.05, 0.1) is 0 Å². The summed E-state index contributed by atoms with van der Waals surface area (Å²) in [5, 5.41) is 0. The monoisotopic (exact) mass is 254 g/mol. The number of nitrogens with zero attached hydrogens (tertiary/aromatic N) is 1. The topological polar surface area (TPSA) is 29.3 Å². The van der Waals surface area contributed by atoms with E-state index in [4.69, 9.17) is 5.73 Å². The molecule has 0 saturated heterocycles. The molecular formula is C12H25F3N2. The van der Waals surface area contributed by atoms with Crippen molar-refractivity contribution in [2.24, 2.45) is 5.73 Å². The van der Waals surface area contributed by atoms with E-state index >= 15 is 0 Å². The molecule has 1 atom stereocenters. The molecule has 0 heterocycles. The van der Waals surface area contributed by atoms with Crippen molar-refractivity contribution in [3.8, 4) is 0 Å².